The van der Waals surface area contributed by atoms with Crippen LogP contribution in [-0.2, 0) is 17.9 Å². The summed E-state index contributed by atoms with van der Waals surface area (Å²) in [6.07, 6.45) is 4.61. The maximum Gasteiger partial charge on any atom is 0.174 e. The van der Waals surface area contributed by atoms with Crippen LogP contribution in [0, 0.1) is 0 Å². The van der Waals surface area contributed by atoms with Gasteiger partial charge in [-0.05, 0) is 54.9 Å². The van der Waals surface area contributed by atoms with Crippen LogP contribution in [0.25, 0.3) is 0 Å². The van der Waals surface area contributed by atoms with Gasteiger partial charge in [0.25, 0.3) is 0 Å². The van der Waals surface area contributed by atoms with Gasteiger partial charge < -0.3 is 4.55 Å². The molecule has 0 bridgehead atoms. The predicted molar refractivity (Wildman–Crippen MR) is 117 cm³/mol. The van der Waals surface area contributed by atoms with Crippen molar-refractivity contribution in [2.75, 3.05) is 13.1 Å². The van der Waals surface area contributed by atoms with E-state index in [-0.39, 0.29) is 0 Å². The number of hydrogen-bond donors (Lipinski definition) is 0. The topological polar surface area (TPSA) is 29.5 Å². The number of piperidine rings is 1. The number of hydrogen-bond acceptors (Lipinski definition) is 3. The third-order valence-electron chi connectivity index (χ3n) is 6.01. The van der Waals surface area contributed by atoms with E-state index in [0.29, 0.717) is 18.0 Å². The van der Waals surface area contributed by atoms with Crippen LogP contribution in [0.4, 0.5) is 0 Å². The van der Waals surface area contributed by atoms with Gasteiger partial charge in [-0.2, -0.15) is 0 Å². The zero-order chi connectivity index (χ0) is 19.5. The maximum atomic E-state index is 13.2. The highest BCUT2D eigenvalue weighted by Crippen LogP contribution is 2.36. The number of benzene rings is 2. The maximum absolute atomic E-state index is 13.2. The van der Waals surface area contributed by atoms with Crippen LogP contribution < -0.4 is 0 Å². The largest absolute Gasteiger partial charge is 0.593 e. The van der Waals surface area contributed by atoms with E-state index in [1.165, 1.54) is 24.0 Å². The Morgan fingerprint density at radius 3 is 2.11 bits per heavy atom. The van der Waals surface area contributed by atoms with E-state index in [1.807, 2.05) is 30.3 Å². The average molecular weight is 397 g/mol. The highest BCUT2D eigenvalue weighted by atomic mass is 32.2. The van der Waals surface area contributed by atoms with Crippen LogP contribution in [0.2, 0.25) is 0 Å². The van der Waals surface area contributed by atoms with Gasteiger partial charge in [-0.3, -0.25) is 4.90 Å². The van der Waals surface area contributed by atoms with Crippen molar-refractivity contribution in [2.45, 2.75) is 69.0 Å². The summed E-state index contributed by atoms with van der Waals surface area (Å²) < 4.78 is 15.5. The predicted octanol–water partition coefficient (Wildman–Crippen LogP) is 4.96. The second-order valence-electron chi connectivity index (χ2n) is 8.56. The van der Waals surface area contributed by atoms with Gasteiger partial charge in [0.2, 0.25) is 0 Å². The molecule has 1 saturated carbocycles. The number of nitrogens with zero attached hydrogens (tertiary/aromatic N) is 2. The van der Waals surface area contributed by atoms with Crippen LogP contribution in [0.15, 0.2) is 59.5 Å². The normalized spacial score (nSPS) is 20.0. The van der Waals surface area contributed by atoms with Gasteiger partial charge in [-0.25, -0.2) is 0 Å². The molecule has 4 rings (SSSR count). The summed E-state index contributed by atoms with van der Waals surface area (Å²) in [6.45, 7) is 7.68. The first-order valence-electron chi connectivity index (χ1n) is 10.7. The second-order valence-corrected chi connectivity index (χ2v) is 9.95. The van der Waals surface area contributed by atoms with Gasteiger partial charge in [-0.1, -0.05) is 56.3 Å². The Morgan fingerprint density at radius 2 is 1.54 bits per heavy atom. The van der Waals surface area contributed by atoms with Gasteiger partial charge in [0.05, 0.1) is 23.4 Å². The summed E-state index contributed by atoms with van der Waals surface area (Å²) in [7, 11) is 0. The van der Waals surface area contributed by atoms with Crippen LogP contribution in [0.5, 0.6) is 0 Å². The van der Waals surface area contributed by atoms with Crippen molar-refractivity contribution < 1.29 is 4.55 Å². The van der Waals surface area contributed by atoms with Crippen LogP contribution >= 0.6 is 0 Å². The van der Waals surface area contributed by atoms with Crippen molar-refractivity contribution in [1.82, 2.24) is 9.21 Å². The zero-order valence-corrected chi connectivity index (χ0v) is 17.9. The molecule has 4 heteroatoms. The molecule has 1 atom stereocenters. The highest BCUT2D eigenvalue weighted by molar-refractivity contribution is 7.89. The van der Waals surface area contributed by atoms with E-state index < -0.39 is 11.4 Å². The van der Waals surface area contributed by atoms with E-state index in [1.54, 1.807) is 0 Å². The Morgan fingerprint density at radius 1 is 0.929 bits per heavy atom. The van der Waals surface area contributed by atoms with Crippen molar-refractivity contribution in [3.8, 4) is 0 Å². The first-order valence-corrected chi connectivity index (χ1v) is 11.8. The molecular weight excluding hydrogens is 364 g/mol. The molecular formula is C24H32N2OS. The summed E-state index contributed by atoms with van der Waals surface area (Å²) in [5, 5.41) is 0. The molecule has 28 heavy (non-hydrogen) atoms. The number of rotatable bonds is 7. The molecule has 2 aromatic carbocycles. The number of likely N-dealkylation sites (tertiary alicyclic amines) is 1. The van der Waals surface area contributed by atoms with Gasteiger partial charge in [0, 0.05) is 19.6 Å². The summed E-state index contributed by atoms with van der Waals surface area (Å²) in [5.41, 5.74) is 2.81. The lowest BCUT2D eigenvalue weighted by Gasteiger charge is -2.37. The average Bonchev–Trinajstić information content (AvgIpc) is 3.55. The Hall–Kier alpha value is -1.33. The van der Waals surface area contributed by atoms with Gasteiger partial charge in [0.15, 0.2) is 4.90 Å². The minimum Gasteiger partial charge on any atom is -0.593 e. The quantitative estimate of drug-likeness (QED) is 0.620. The molecule has 2 aliphatic rings. The molecule has 0 radical (unpaired) electrons. The van der Waals surface area contributed by atoms with Gasteiger partial charge in [-0.15, -0.1) is 4.31 Å². The molecule has 1 saturated heterocycles. The molecule has 0 N–H and O–H groups in total. The molecule has 1 heterocycles. The van der Waals surface area contributed by atoms with Crippen molar-refractivity contribution >= 4 is 11.4 Å². The standard InChI is InChI=1S/C24H32N2OS/c1-19(2)21-10-8-20(9-11-21)18-25-16-14-23(15-17-25)26(22-12-13-22)28(27)24-6-4-3-5-7-24/h3-11,19,22-23H,12-18H2,1-2H3. The summed E-state index contributed by atoms with van der Waals surface area (Å²) in [4.78, 5) is 3.50. The fraction of sp³-hybridized carbons (Fsp3) is 0.500. The molecule has 0 amide bonds. The summed E-state index contributed by atoms with van der Waals surface area (Å²) in [5.74, 6) is 0.587. The molecule has 1 aliphatic heterocycles. The van der Waals surface area contributed by atoms with E-state index in [2.05, 4.69) is 47.3 Å². The second kappa shape index (κ2) is 9.00. The minimum absolute atomic E-state index is 0.438. The Kier molecular flexibility index (Phi) is 6.42. The highest BCUT2D eigenvalue weighted by Gasteiger charge is 2.43. The SMILES string of the molecule is CC(C)c1ccc(CN2CCC(N(C3CC3)[S+]([O-])c3ccccc3)CC2)cc1. The molecule has 2 fully saturated rings. The van der Waals surface area contributed by atoms with Crippen LogP contribution in [-0.4, -0.2) is 38.9 Å². The fourth-order valence-corrected chi connectivity index (χ4v) is 5.75. The lowest BCUT2D eigenvalue weighted by atomic mass is 10.0. The Labute approximate surface area is 173 Å². The van der Waals surface area contributed by atoms with Crippen LogP contribution in [0.3, 0.4) is 0 Å². The van der Waals surface area contributed by atoms with Crippen molar-refractivity contribution in [1.29, 1.82) is 0 Å². The molecule has 2 aromatic rings. The third-order valence-corrected chi connectivity index (χ3v) is 7.67. The molecule has 0 aromatic heterocycles. The first kappa shape index (κ1) is 20.0. The molecule has 0 spiro atoms. The van der Waals surface area contributed by atoms with Gasteiger partial charge >= 0.3 is 0 Å². The van der Waals surface area contributed by atoms with E-state index in [9.17, 15) is 4.55 Å². The zero-order valence-electron chi connectivity index (χ0n) is 17.1. The summed E-state index contributed by atoms with van der Waals surface area (Å²) in [6, 6.07) is 20.0. The minimum atomic E-state index is -1.03. The molecule has 1 unspecified atom stereocenters. The summed E-state index contributed by atoms with van der Waals surface area (Å²) >= 11 is -1.03. The monoisotopic (exact) mass is 396 g/mol. The lowest BCUT2D eigenvalue weighted by Crippen LogP contribution is -2.48. The van der Waals surface area contributed by atoms with E-state index in [0.717, 1.165) is 37.4 Å². The Bertz CT molecular complexity index is 737. The van der Waals surface area contributed by atoms with Crippen LogP contribution in [0.1, 0.15) is 56.6 Å². The third kappa shape index (κ3) is 4.80. The smallest absolute Gasteiger partial charge is 0.174 e. The molecule has 3 nitrogen and oxygen atoms in total. The lowest BCUT2D eigenvalue weighted by molar-refractivity contribution is 0.150. The first-order chi connectivity index (χ1) is 13.6. The van der Waals surface area contributed by atoms with E-state index in [4.69, 9.17) is 0 Å². The molecule has 150 valence electrons. The van der Waals surface area contributed by atoms with Crippen molar-refractivity contribution in [3.63, 3.8) is 0 Å². The molecule has 1 aliphatic carbocycles. The van der Waals surface area contributed by atoms with Gasteiger partial charge in [0.1, 0.15) is 0 Å². The van der Waals surface area contributed by atoms with Crippen molar-refractivity contribution in [3.05, 3.63) is 65.7 Å². The van der Waals surface area contributed by atoms with E-state index >= 15 is 0 Å². The van der Waals surface area contributed by atoms with Crippen molar-refractivity contribution in [2.24, 2.45) is 0 Å². The fourth-order valence-electron chi connectivity index (χ4n) is 4.15. The Balaban J connectivity index is 1.34.